The molecule has 0 spiro atoms. The topological polar surface area (TPSA) is 44.0 Å². The summed E-state index contributed by atoms with van der Waals surface area (Å²) in [5.74, 6) is 0. The van der Waals surface area contributed by atoms with E-state index in [-0.39, 0.29) is 6.61 Å². The second-order valence-electron chi connectivity index (χ2n) is 4.33. The molecule has 90 valence electrons. The van der Waals surface area contributed by atoms with Crippen molar-refractivity contribution in [1.29, 1.82) is 5.26 Å². The van der Waals surface area contributed by atoms with Gasteiger partial charge in [-0.15, -0.1) is 0 Å². The van der Waals surface area contributed by atoms with Crippen molar-refractivity contribution < 1.29 is 5.11 Å². The van der Waals surface area contributed by atoms with Gasteiger partial charge in [0.25, 0.3) is 0 Å². The minimum atomic E-state index is 0.0549. The Morgan fingerprint density at radius 2 is 1.89 bits per heavy atom. The van der Waals surface area contributed by atoms with Gasteiger partial charge >= 0.3 is 0 Å². The van der Waals surface area contributed by atoms with Crippen LogP contribution in [0.2, 0.25) is 0 Å². The van der Waals surface area contributed by atoms with Gasteiger partial charge in [0, 0.05) is 0 Å². The summed E-state index contributed by atoms with van der Waals surface area (Å²) in [5.41, 5.74) is 5.31. The van der Waals surface area contributed by atoms with Gasteiger partial charge < -0.3 is 5.11 Å². The summed E-state index contributed by atoms with van der Waals surface area (Å²) in [4.78, 5) is 0. The van der Waals surface area contributed by atoms with Gasteiger partial charge in [0.15, 0.2) is 0 Å². The molecule has 2 nitrogen and oxygen atoms in total. The van der Waals surface area contributed by atoms with E-state index < -0.39 is 0 Å². The van der Waals surface area contributed by atoms with Gasteiger partial charge in [0.1, 0.15) is 0 Å². The summed E-state index contributed by atoms with van der Waals surface area (Å²) >= 11 is 0. The molecule has 0 saturated heterocycles. The summed E-state index contributed by atoms with van der Waals surface area (Å²) in [6.07, 6.45) is 0.447. The second-order valence-corrected chi connectivity index (χ2v) is 4.33. The molecule has 0 amide bonds. The third-order valence-electron chi connectivity index (χ3n) is 3.05. The Kier molecular flexibility index (Phi) is 3.76. The monoisotopic (exact) mass is 237 g/mol. The highest BCUT2D eigenvalue weighted by Gasteiger charge is 2.03. The normalized spacial score (nSPS) is 10.1. The molecule has 18 heavy (non-hydrogen) atoms. The lowest BCUT2D eigenvalue weighted by Gasteiger charge is -2.07. The SMILES string of the molecule is Cc1cc(-c2cccc(CO)c2)ccc1CC#N. The molecule has 0 atom stereocenters. The molecule has 0 aliphatic carbocycles. The van der Waals surface area contributed by atoms with Crippen LogP contribution in [0.5, 0.6) is 0 Å². The predicted octanol–water partition coefficient (Wildman–Crippen LogP) is 3.22. The predicted molar refractivity (Wildman–Crippen MR) is 71.9 cm³/mol. The average molecular weight is 237 g/mol. The van der Waals surface area contributed by atoms with Crippen LogP contribution in [-0.4, -0.2) is 5.11 Å². The fraction of sp³-hybridized carbons (Fsp3) is 0.188. The Morgan fingerprint density at radius 1 is 1.11 bits per heavy atom. The number of aryl methyl sites for hydroxylation is 1. The third kappa shape index (κ3) is 2.58. The molecular formula is C16H15NO. The van der Waals surface area contributed by atoms with Gasteiger partial charge in [-0.25, -0.2) is 0 Å². The lowest BCUT2D eigenvalue weighted by atomic mass is 9.98. The van der Waals surface area contributed by atoms with Gasteiger partial charge in [-0.1, -0.05) is 36.4 Å². The zero-order valence-corrected chi connectivity index (χ0v) is 10.4. The first kappa shape index (κ1) is 12.3. The van der Waals surface area contributed by atoms with Crippen molar-refractivity contribution in [1.82, 2.24) is 0 Å². The van der Waals surface area contributed by atoms with Gasteiger partial charge in [-0.05, 0) is 40.8 Å². The molecule has 1 N–H and O–H groups in total. The van der Waals surface area contributed by atoms with Crippen molar-refractivity contribution in [3.05, 3.63) is 59.2 Å². The fourth-order valence-corrected chi connectivity index (χ4v) is 2.01. The highest BCUT2D eigenvalue weighted by atomic mass is 16.3. The van der Waals surface area contributed by atoms with Crippen LogP contribution < -0.4 is 0 Å². The number of benzene rings is 2. The number of hydrogen-bond acceptors (Lipinski definition) is 2. The first-order chi connectivity index (χ1) is 8.74. The van der Waals surface area contributed by atoms with Gasteiger partial charge in [0.05, 0.1) is 19.1 Å². The molecule has 2 aromatic carbocycles. The van der Waals surface area contributed by atoms with Crippen molar-refractivity contribution in [3.8, 4) is 17.2 Å². The highest BCUT2D eigenvalue weighted by molar-refractivity contribution is 5.65. The number of hydrogen-bond donors (Lipinski definition) is 1. The van der Waals surface area contributed by atoms with Gasteiger partial charge in [-0.3, -0.25) is 0 Å². The molecule has 2 heteroatoms. The maximum Gasteiger partial charge on any atom is 0.0682 e. The lowest BCUT2D eigenvalue weighted by molar-refractivity contribution is 0.282. The summed E-state index contributed by atoms with van der Waals surface area (Å²) in [6, 6.07) is 16.1. The highest BCUT2D eigenvalue weighted by Crippen LogP contribution is 2.23. The minimum Gasteiger partial charge on any atom is -0.392 e. The molecule has 0 aliphatic rings. The molecule has 0 heterocycles. The van der Waals surface area contributed by atoms with E-state index in [9.17, 15) is 0 Å². The quantitative estimate of drug-likeness (QED) is 0.890. The lowest BCUT2D eigenvalue weighted by Crippen LogP contribution is -1.89. The summed E-state index contributed by atoms with van der Waals surface area (Å²) in [7, 11) is 0. The zero-order chi connectivity index (χ0) is 13.0. The Labute approximate surface area is 107 Å². The van der Waals surface area contributed by atoms with Crippen LogP contribution in [0.15, 0.2) is 42.5 Å². The van der Waals surface area contributed by atoms with Crippen LogP contribution >= 0.6 is 0 Å². The van der Waals surface area contributed by atoms with Crippen LogP contribution in [0, 0.1) is 18.3 Å². The molecule has 2 rings (SSSR count). The first-order valence-corrected chi connectivity index (χ1v) is 5.91. The molecule has 0 saturated carbocycles. The number of aliphatic hydroxyl groups excluding tert-OH is 1. The summed E-state index contributed by atoms with van der Waals surface area (Å²) < 4.78 is 0. The van der Waals surface area contributed by atoms with Crippen molar-refractivity contribution in [2.24, 2.45) is 0 Å². The van der Waals surface area contributed by atoms with Crippen molar-refractivity contribution in [2.45, 2.75) is 20.0 Å². The minimum absolute atomic E-state index is 0.0549. The van der Waals surface area contributed by atoms with E-state index >= 15 is 0 Å². The fourth-order valence-electron chi connectivity index (χ4n) is 2.01. The Balaban J connectivity index is 2.39. The van der Waals surface area contributed by atoms with Crippen LogP contribution in [0.1, 0.15) is 16.7 Å². The van der Waals surface area contributed by atoms with E-state index in [2.05, 4.69) is 12.1 Å². The Bertz CT molecular complexity index is 596. The van der Waals surface area contributed by atoms with Crippen LogP contribution in [0.3, 0.4) is 0 Å². The second kappa shape index (κ2) is 5.48. The number of rotatable bonds is 3. The molecule has 0 unspecified atom stereocenters. The smallest absolute Gasteiger partial charge is 0.0682 e. The third-order valence-corrected chi connectivity index (χ3v) is 3.05. The van der Waals surface area contributed by atoms with Crippen molar-refractivity contribution in [3.63, 3.8) is 0 Å². The molecular weight excluding hydrogens is 222 g/mol. The number of nitrogens with zero attached hydrogens (tertiary/aromatic N) is 1. The standard InChI is InChI=1S/C16H15NO/c1-12-9-16(6-5-14(12)7-8-17)15-4-2-3-13(10-15)11-18/h2-6,9-10,18H,7,11H2,1H3. The van der Waals surface area contributed by atoms with E-state index in [1.807, 2.05) is 43.3 Å². The first-order valence-electron chi connectivity index (χ1n) is 5.91. The Hall–Kier alpha value is -2.11. The molecule has 0 aliphatic heterocycles. The molecule has 0 radical (unpaired) electrons. The number of aliphatic hydroxyl groups is 1. The van der Waals surface area contributed by atoms with Crippen LogP contribution in [0.25, 0.3) is 11.1 Å². The van der Waals surface area contributed by atoms with E-state index in [1.54, 1.807) is 0 Å². The average Bonchev–Trinajstić information content (AvgIpc) is 2.41. The molecule has 2 aromatic rings. The van der Waals surface area contributed by atoms with E-state index in [0.717, 1.165) is 27.8 Å². The summed E-state index contributed by atoms with van der Waals surface area (Å²) in [5, 5.41) is 17.9. The largest absolute Gasteiger partial charge is 0.392 e. The summed E-state index contributed by atoms with van der Waals surface area (Å²) in [6.45, 7) is 2.07. The van der Waals surface area contributed by atoms with Crippen molar-refractivity contribution >= 4 is 0 Å². The molecule has 0 fully saturated rings. The molecule has 0 bridgehead atoms. The maximum absolute atomic E-state index is 9.14. The van der Waals surface area contributed by atoms with E-state index in [0.29, 0.717) is 6.42 Å². The zero-order valence-electron chi connectivity index (χ0n) is 10.4. The van der Waals surface area contributed by atoms with E-state index in [4.69, 9.17) is 10.4 Å². The van der Waals surface area contributed by atoms with Gasteiger partial charge in [-0.2, -0.15) is 5.26 Å². The van der Waals surface area contributed by atoms with Crippen LogP contribution in [0.4, 0.5) is 0 Å². The van der Waals surface area contributed by atoms with Crippen molar-refractivity contribution in [2.75, 3.05) is 0 Å². The van der Waals surface area contributed by atoms with Crippen LogP contribution in [-0.2, 0) is 13.0 Å². The van der Waals surface area contributed by atoms with Gasteiger partial charge in [0.2, 0.25) is 0 Å². The van der Waals surface area contributed by atoms with E-state index in [1.165, 1.54) is 0 Å². The number of nitriles is 1. The Morgan fingerprint density at radius 3 is 2.56 bits per heavy atom. The maximum atomic E-state index is 9.14. The molecule has 0 aromatic heterocycles.